The van der Waals surface area contributed by atoms with Crippen molar-refractivity contribution in [2.75, 3.05) is 32.7 Å². The number of aliphatic carboxylic acids is 1. The van der Waals surface area contributed by atoms with Gasteiger partial charge in [0.15, 0.2) is 0 Å². The molecule has 148 valence electrons. The fourth-order valence-corrected chi connectivity index (χ4v) is 3.49. The number of hydrogen-bond donors (Lipinski definition) is 1. The maximum Gasteiger partial charge on any atom is 0.303 e. The van der Waals surface area contributed by atoms with Crippen LogP contribution in [0.1, 0.15) is 27.9 Å². The molecule has 1 amide bonds. The first-order chi connectivity index (χ1) is 13.5. The average Bonchev–Trinajstić information content (AvgIpc) is 2.72. The molecule has 1 aliphatic heterocycles. The molecule has 2 aromatic carbocycles. The maximum absolute atomic E-state index is 12.6. The Kier molecular flexibility index (Phi) is 7.06. The molecule has 1 N–H and O–H groups in total. The molecular weight excluding hydrogens is 376 g/mol. The van der Waals surface area contributed by atoms with Gasteiger partial charge in [0.05, 0.1) is 0 Å². The van der Waals surface area contributed by atoms with Crippen molar-refractivity contribution in [3.63, 3.8) is 0 Å². The highest BCUT2D eigenvalue weighted by Gasteiger charge is 2.21. The molecule has 5 nitrogen and oxygen atoms in total. The summed E-state index contributed by atoms with van der Waals surface area (Å²) in [5.41, 5.74) is 2.99. The first kappa shape index (κ1) is 20.4. The number of rotatable bonds is 7. The molecular formula is C22H25ClN2O3. The summed E-state index contributed by atoms with van der Waals surface area (Å²) in [6.07, 6.45) is 1.68. The molecule has 1 saturated heterocycles. The summed E-state index contributed by atoms with van der Waals surface area (Å²) in [5, 5.41) is 9.39. The lowest BCUT2D eigenvalue weighted by Crippen LogP contribution is -2.49. The van der Waals surface area contributed by atoms with E-state index in [1.54, 1.807) is 24.3 Å². The third-order valence-electron chi connectivity index (χ3n) is 5.12. The molecule has 6 heteroatoms. The number of benzene rings is 2. The summed E-state index contributed by atoms with van der Waals surface area (Å²) in [5.74, 6) is -0.703. The molecule has 0 atom stereocenters. The Morgan fingerprint density at radius 2 is 1.43 bits per heavy atom. The Labute approximate surface area is 170 Å². The van der Waals surface area contributed by atoms with Gasteiger partial charge in [-0.05, 0) is 48.2 Å². The van der Waals surface area contributed by atoms with Crippen LogP contribution in [0.5, 0.6) is 0 Å². The minimum absolute atomic E-state index is 0.0632. The number of amides is 1. The van der Waals surface area contributed by atoms with Gasteiger partial charge in [-0.3, -0.25) is 14.5 Å². The lowest BCUT2D eigenvalue weighted by molar-refractivity contribution is -0.136. The van der Waals surface area contributed by atoms with Crippen LogP contribution in [0.25, 0.3) is 0 Å². The molecule has 1 heterocycles. The predicted molar refractivity (Wildman–Crippen MR) is 110 cm³/mol. The van der Waals surface area contributed by atoms with Crippen LogP contribution >= 0.6 is 11.6 Å². The Morgan fingerprint density at radius 1 is 0.857 bits per heavy atom. The second kappa shape index (κ2) is 9.71. The SMILES string of the molecule is O=C(O)CCc1ccc(CCN2CCN(C(=O)c3ccc(Cl)cc3)CC2)cc1. The van der Waals surface area contributed by atoms with E-state index in [0.717, 1.165) is 44.7 Å². The first-order valence-corrected chi connectivity index (χ1v) is 9.96. The summed E-state index contributed by atoms with van der Waals surface area (Å²) in [4.78, 5) is 27.5. The number of nitrogens with zero attached hydrogens (tertiary/aromatic N) is 2. The number of halogens is 1. The van der Waals surface area contributed by atoms with E-state index in [1.807, 2.05) is 17.0 Å². The van der Waals surface area contributed by atoms with Crippen molar-refractivity contribution in [2.24, 2.45) is 0 Å². The topological polar surface area (TPSA) is 60.9 Å². The second-order valence-electron chi connectivity index (χ2n) is 7.10. The quantitative estimate of drug-likeness (QED) is 0.774. The zero-order valence-corrected chi connectivity index (χ0v) is 16.6. The van der Waals surface area contributed by atoms with Crippen molar-refractivity contribution in [3.8, 4) is 0 Å². The molecule has 0 unspecified atom stereocenters. The second-order valence-corrected chi connectivity index (χ2v) is 7.54. The number of hydrogen-bond acceptors (Lipinski definition) is 3. The fourth-order valence-electron chi connectivity index (χ4n) is 3.36. The van der Waals surface area contributed by atoms with Gasteiger partial charge in [0.25, 0.3) is 5.91 Å². The van der Waals surface area contributed by atoms with Gasteiger partial charge < -0.3 is 10.0 Å². The van der Waals surface area contributed by atoms with E-state index in [-0.39, 0.29) is 12.3 Å². The molecule has 1 fully saturated rings. The highest BCUT2D eigenvalue weighted by atomic mass is 35.5. The van der Waals surface area contributed by atoms with E-state index < -0.39 is 5.97 Å². The molecule has 0 aromatic heterocycles. The third kappa shape index (κ3) is 5.81. The maximum atomic E-state index is 12.6. The van der Waals surface area contributed by atoms with Crippen LogP contribution in [-0.2, 0) is 17.6 Å². The van der Waals surface area contributed by atoms with Gasteiger partial charge in [0.1, 0.15) is 0 Å². The largest absolute Gasteiger partial charge is 0.481 e. The number of carboxylic acid groups (broad SMARTS) is 1. The van der Waals surface area contributed by atoms with E-state index >= 15 is 0 Å². The van der Waals surface area contributed by atoms with Crippen molar-refractivity contribution < 1.29 is 14.7 Å². The monoisotopic (exact) mass is 400 g/mol. The van der Waals surface area contributed by atoms with Gasteiger partial charge in [-0.25, -0.2) is 0 Å². The van der Waals surface area contributed by atoms with Crippen LogP contribution < -0.4 is 0 Å². The molecule has 0 bridgehead atoms. The molecule has 0 saturated carbocycles. The van der Waals surface area contributed by atoms with Crippen molar-refractivity contribution >= 4 is 23.5 Å². The zero-order chi connectivity index (χ0) is 19.9. The van der Waals surface area contributed by atoms with Gasteiger partial charge in [0.2, 0.25) is 0 Å². The lowest BCUT2D eigenvalue weighted by atomic mass is 10.1. The summed E-state index contributed by atoms with van der Waals surface area (Å²) in [6.45, 7) is 4.16. The molecule has 1 aliphatic rings. The van der Waals surface area contributed by atoms with Crippen LogP contribution in [0.4, 0.5) is 0 Å². The van der Waals surface area contributed by atoms with Crippen molar-refractivity contribution in [2.45, 2.75) is 19.3 Å². The molecule has 0 spiro atoms. The van der Waals surface area contributed by atoms with Crippen molar-refractivity contribution in [1.82, 2.24) is 9.80 Å². The van der Waals surface area contributed by atoms with Gasteiger partial charge in [-0.2, -0.15) is 0 Å². The van der Waals surface area contributed by atoms with Gasteiger partial charge in [-0.15, -0.1) is 0 Å². The van der Waals surface area contributed by atoms with Crippen LogP contribution in [-0.4, -0.2) is 59.5 Å². The summed E-state index contributed by atoms with van der Waals surface area (Å²) in [6, 6.07) is 15.2. The zero-order valence-electron chi connectivity index (χ0n) is 15.8. The summed E-state index contributed by atoms with van der Waals surface area (Å²) in [7, 11) is 0. The van der Waals surface area contributed by atoms with Gasteiger partial charge in [-0.1, -0.05) is 35.9 Å². The minimum Gasteiger partial charge on any atom is -0.481 e. The Balaban J connectivity index is 1.42. The molecule has 0 radical (unpaired) electrons. The van der Waals surface area contributed by atoms with E-state index in [1.165, 1.54) is 5.56 Å². The minimum atomic E-state index is -0.766. The average molecular weight is 401 g/mol. The molecule has 28 heavy (non-hydrogen) atoms. The Bertz CT molecular complexity index is 798. The number of carbonyl (C=O) groups is 2. The highest BCUT2D eigenvalue weighted by Crippen LogP contribution is 2.14. The van der Waals surface area contributed by atoms with E-state index in [2.05, 4.69) is 17.0 Å². The Morgan fingerprint density at radius 3 is 2.00 bits per heavy atom. The normalized spacial score (nSPS) is 14.8. The fraction of sp³-hybridized carbons (Fsp3) is 0.364. The Hall–Kier alpha value is -2.37. The predicted octanol–water partition coefficient (Wildman–Crippen LogP) is 3.36. The first-order valence-electron chi connectivity index (χ1n) is 9.58. The number of carboxylic acids is 1. The van der Waals surface area contributed by atoms with Crippen LogP contribution in [0.15, 0.2) is 48.5 Å². The van der Waals surface area contributed by atoms with Crippen LogP contribution in [0.2, 0.25) is 5.02 Å². The molecule has 3 rings (SSSR count). The third-order valence-corrected chi connectivity index (χ3v) is 5.37. The molecule has 0 aliphatic carbocycles. The van der Waals surface area contributed by atoms with Crippen LogP contribution in [0.3, 0.4) is 0 Å². The summed E-state index contributed by atoms with van der Waals surface area (Å²) >= 11 is 5.89. The van der Waals surface area contributed by atoms with Gasteiger partial charge >= 0.3 is 5.97 Å². The smallest absolute Gasteiger partial charge is 0.303 e. The molecule has 2 aromatic rings. The van der Waals surface area contributed by atoms with E-state index in [0.29, 0.717) is 17.0 Å². The summed E-state index contributed by atoms with van der Waals surface area (Å²) < 4.78 is 0. The van der Waals surface area contributed by atoms with Crippen molar-refractivity contribution in [1.29, 1.82) is 0 Å². The van der Waals surface area contributed by atoms with Crippen molar-refractivity contribution in [3.05, 3.63) is 70.2 Å². The number of aryl methyl sites for hydroxylation is 1. The van der Waals surface area contributed by atoms with E-state index in [9.17, 15) is 9.59 Å². The lowest BCUT2D eigenvalue weighted by Gasteiger charge is -2.34. The standard InChI is InChI=1S/C22H25ClN2O3/c23-20-8-6-19(7-9-20)22(28)25-15-13-24(14-16-25)12-11-18-3-1-17(2-4-18)5-10-21(26)27/h1-4,6-9H,5,10-16H2,(H,26,27). The van der Waals surface area contributed by atoms with E-state index in [4.69, 9.17) is 16.7 Å². The number of piperazine rings is 1. The highest BCUT2D eigenvalue weighted by molar-refractivity contribution is 6.30. The number of carbonyl (C=O) groups excluding carboxylic acids is 1. The van der Waals surface area contributed by atoms with Gasteiger partial charge in [0, 0.05) is 49.7 Å². The van der Waals surface area contributed by atoms with Crippen LogP contribution in [0, 0.1) is 0 Å².